The molecule has 4 rings (SSSR count). The number of amides is 2. The molecule has 0 aliphatic heterocycles. The summed E-state index contributed by atoms with van der Waals surface area (Å²) in [6.45, 7) is 1.86. The van der Waals surface area contributed by atoms with E-state index in [0.717, 1.165) is 22.7 Å². The van der Waals surface area contributed by atoms with Crippen LogP contribution < -0.4 is 23.8 Å². The van der Waals surface area contributed by atoms with Crippen molar-refractivity contribution in [3.63, 3.8) is 0 Å². The Hall–Kier alpha value is -5.03. The lowest BCUT2D eigenvalue weighted by Crippen LogP contribution is -2.53. The quantitative estimate of drug-likeness (QED) is 0.148. The number of sulfonamides is 1. The first-order valence-electron chi connectivity index (χ1n) is 15.8. The van der Waals surface area contributed by atoms with Crippen LogP contribution in [0, 0.1) is 0 Å². The highest BCUT2D eigenvalue weighted by Gasteiger charge is 2.35. The average Bonchev–Trinajstić information content (AvgIpc) is 3.12. The highest BCUT2D eigenvalue weighted by Crippen LogP contribution is 2.36. The van der Waals surface area contributed by atoms with Crippen molar-refractivity contribution in [3.05, 3.63) is 114 Å². The minimum atomic E-state index is -4.32. The standard InChI is InChI=1S/C37H43N3O7S/c1-5-6-22-38-37(42)34(24-28-14-9-7-10-15-28)39(26-29-16-13-17-30(23-29)45-2)36(41)27-40(48(43,44)32-18-11-8-12-19-32)33-25-31(46-3)20-21-35(33)47-4/h7-21,23,25,34H,5-6,22,24,26-27H2,1-4H3,(H,38,42). The van der Waals surface area contributed by atoms with E-state index in [1.54, 1.807) is 55.6 Å². The van der Waals surface area contributed by atoms with E-state index in [-0.39, 0.29) is 35.2 Å². The summed E-state index contributed by atoms with van der Waals surface area (Å²) in [4.78, 5) is 30.1. The van der Waals surface area contributed by atoms with E-state index in [4.69, 9.17) is 14.2 Å². The SMILES string of the molecule is CCCCNC(=O)C(Cc1ccccc1)N(Cc1cccc(OC)c1)C(=O)CN(c1cc(OC)ccc1OC)S(=O)(=O)c1ccccc1. The molecular formula is C37H43N3O7S. The van der Waals surface area contributed by atoms with Crippen LogP contribution in [-0.2, 0) is 32.6 Å². The Labute approximate surface area is 283 Å². The highest BCUT2D eigenvalue weighted by atomic mass is 32.2. The predicted molar refractivity (Wildman–Crippen MR) is 186 cm³/mol. The van der Waals surface area contributed by atoms with Crippen LogP contribution in [0.3, 0.4) is 0 Å². The molecule has 48 heavy (non-hydrogen) atoms. The molecule has 4 aromatic rings. The first kappa shape index (κ1) is 35.8. The van der Waals surface area contributed by atoms with Gasteiger partial charge in [0.25, 0.3) is 10.0 Å². The molecule has 0 spiro atoms. The van der Waals surface area contributed by atoms with Gasteiger partial charge in [-0.05, 0) is 53.9 Å². The van der Waals surface area contributed by atoms with E-state index in [1.165, 1.54) is 37.3 Å². The van der Waals surface area contributed by atoms with Crippen LogP contribution in [0.15, 0.2) is 108 Å². The third kappa shape index (κ3) is 9.07. The maximum atomic E-state index is 14.7. The van der Waals surface area contributed by atoms with Crippen LogP contribution in [-0.4, -0.2) is 65.6 Å². The number of carbonyl (C=O) groups excluding carboxylic acids is 2. The van der Waals surface area contributed by atoms with Crippen molar-refractivity contribution in [2.24, 2.45) is 0 Å². The summed E-state index contributed by atoms with van der Waals surface area (Å²) >= 11 is 0. The normalized spacial score (nSPS) is 11.7. The van der Waals surface area contributed by atoms with Gasteiger partial charge in [0.05, 0.1) is 31.9 Å². The smallest absolute Gasteiger partial charge is 0.264 e. The van der Waals surface area contributed by atoms with Gasteiger partial charge >= 0.3 is 0 Å². The highest BCUT2D eigenvalue weighted by molar-refractivity contribution is 7.92. The lowest BCUT2D eigenvalue weighted by atomic mass is 10.0. The number of ether oxygens (including phenoxy) is 3. The number of unbranched alkanes of at least 4 members (excludes halogenated alkanes) is 1. The van der Waals surface area contributed by atoms with Crippen molar-refractivity contribution >= 4 is 27.5 Å². The van der Waals surface area contributed by atoms with Crippen molar-refractivity contribution in [1.29, 1.82) is 0 Å². The molecule has 0 aromatic heterocycles. The Kier molecular flexibility index (Phi) is 12.8. The van der Waals surface area contributed by atoms with Crippen molar-refractivity contribution in [3.8, 4) is 17.2 Å². The minimum Gasteiger partial charge on any atom is -0.497 e. The third-order valence-electron chi connectivity index (χ3n) is 7.85. The molecular weight excluding hydrogens is 630 g/mol. The fourth-order valence-corrected chi connectivity index (χ4v) is 6.69. The monoisotopic (exact) mass is 673 g/mol. The van der Waals surface area contributed by atoms with E-state index >= 15 is 0 Å². The van der Waals surface area contributed by atoms with Gasteiger partial charge in [-0.1, -0.05) is 74.0 Å². The fraction of sp³-hybridized carbons (Fsp3) is 0.297. The molecule has 4 aromatic carbocycles. The zero-order valence-electron chi connectivity index (χ0n) is 27.8. The zero-order chi connectivity index (χ0) is 34.5. The summed E-state index contributed by atoms with van der Waals surface area (Å²) in [7, 11) is 0.123. The van der Waals surface area contributed by atoms with E-state index < -0.39 is 28.5 Å². The average molecular weight is 674 g/mol. The Morgan fingerprint density at radius 1 is 0.771 bits per heavy atom. The van der Waals surface area contributed by atoms with Crippen LogP contribution in [0.1, 0.15) is 30.9 Å². The summed E-state index contributed by atoms with van der Waals surface area (Å²) in [5, 5.41) is 3.00. The van der Waals surface area contributed by atoms with Crippen LogP contribution in [0.25, 0.3) is 0 Å². The van der Waals surface area contributed by atoms with Gasteiger partial charge in [0, 0.05) is 25.6 Å². The molecule has 0 radical (unpaired) electrons. The van der Waals surface area contributed by atoms with Gasteiger partial charge in [-0.25, -0.2) is 8.42 Å². The second-order valence-corrected chi connectivity index (χ2v) is 12.9. The van der Waals surface area contributed by atoms with Gasteiger partial charge in [-0.3, -0.25) is 13.9 Å². The number of methoxy groups -OCH3 is 3. The molecule has 2 amide bonds. The molecule has 0 fully saturated rings. The van der Waals surface area contributed by atoms with Gasteiger partial charge in [-0.15, -0.1) is 0 Å². The summed E-state index contributed by atoms with van der Waals surface area (Å²) < 4.78 is 46.1. The molecule has 254 valence electrons. The van der Waals surface area contributed by atoms with Crippen molar-refractivity contribution in [2.75, 3.05) is 38.7 Å². The molecule has 11 heteroatoms. The maximum absolute atomic E-state index is 14.7. The zero-order valence-corrected chi connectivity index (χ0v) is 28.6. The number of hydrogen-bond acceptors (Lipinski definition) is 7. The number of anilines is 1. The first-order valence-corrected chi connectivity index (χ1v) is 17.2. The Morgan fingerprint density at radius 2 is 1.42 bits per heavy atom. The van der Waals surface area contributed by atoms with Crippen LogP contribution in [0.4, 0.5) is 5.69 Å². The Bertz CT molecular complexity index is 1750. The third-order valence-corrected chi connectivity index (χ3v) is 9.63. The molecule has 10 nitrogen and oxygen atoms in total. The van der Waals surface area contributed by atoms with E-state index in [1.807, 2.05) is 43.3 Å². The van der Waals surface area contributed by atoms with Crippen LogP contribution >= 0.6 is 0 Å². The lowest BCUT2D eigenvalue weighted by molar-refractivity contribution is -0.140. The topological polar surface area (TPSA) is 114 Å². The van der Waals surface area contributed by atoms with Crippen LogP contribution in [0.5, 0.6) is 17.2 Å². The molecule has 0 saturated heterocycles. The van der Waals surface area contributed by atoms with Crippen molar-refractivity contribution in [1.82, 2.24) is 10.2 Å². The second-order valence-electron chi connectivity index (χ2n) is 11.1. The molecule has 0 saturated carbocycles. The van der Waals surface area contributed by atoms with E-state index in [2.05, 4.69) is 5.32 Å². The van der Waals surface area contributed by atoms with Gasteiger partial charge in [0.15, 0.2) is 0 Å². The molecule has 0 bridgehead atoms. The summed E-state index contributed by atoms with van der Waals surface area (Å²) in [5.41, 5.74) is 1.67. The molecule has 0 heterocycles. The maximum Gasteiger partial charge on any atom is 0.264 e. The predicted octanol–water partition coefficient (Wildman–Crippen LogP) is 5.46. The van der Waals surface area contributed by atoms with E-state index in [0.29, 0.717) is 23.6 Å². The molecule has 1 atom stereocenters. The molecule has 0 aliphatic rings. The summed E-state index contributed by atoms with van der Waals surface area (Å²) in [6.07, 6.45) is 1.86. The summed E-state index contributed by atoms with van der Waals surface area (Å²) in [6, 6.07) is 28.3. The fourth-order valence-electron chi connectivity index (χ4n) is 5.25. The number of nitrogens with one attached hydrogen (secondary N) is 1. The molecule has 1 unspecified atom stereocenters. The lowest BCUT2D eigenvalue weighted by Gasteiger charge is -2.34. The van der Waals surface area contributed by atoms with E-state index in [9.17, 15) is 18.0 Å². The number of rotatable bonds is 17. The van der Waals surface area contributed by atoms with Gasteiger partial charge in [0.2, 0.25) is 11.8 Å². The van der Waals surface area contributed by atoms with Gasteiger partial charge < -0.3 is 24.4 Å². The molecule has 0 aliphatic carbocycles. The number of hydrogen-bond donors (Lipinski definition) is 1. The largest absolute Gasteiger partial charge is 0.497 e. The minimum absolute atomic E-state index is 0.0137. The Morgan fingerprint density at radius 3 is 2.06 bits per heavy atom. The number of benzene rings is 4. The number of nitrogens with zero attached hydrogens (tertiary/aromatic N) is 2. The number of carbonyl (C=O) groups is 2. The van der Waals surface area contributed by atoms with Crippen molar-refractivity contribution < 1.29 is 32.2 Å². The van der Waals surface area contributed by atoms with Crippen molar-refractivity contribution in [2.45, 2.75) is 43.7 Å². The second kappa shape index (κ2) is 17.2. The first-order chi connectivity index (χ1) is 23.2. The van der Waals surface area contributed by atoms with Crippen LogP contribution in [0.2, 0.25) is 0 Å². The van der Waals surface area contributed by atoms with Gasteiger partial charge in [0.1, 0.15) is 29.8 Å². The molecule has 1 N–H and O–H groups in total. The summed E-state index contributed by atoms with van der Waals surface area (Å²) in [5.74, 6) is 0.257. The van der Waals surface area contributed by atoms with Gasteiger partial charge in [-0.2, -0.15) is 0 Å². The Balaban J connectivity index is 1.85.